The molecule has 1 atom stereocenters. The molecular weight excluding hydrogens is 182 g/mol. The molecule has 1 aromatic heterocycles. The van der Waals surface area contributed by atoms with Gasteiger partial charge in [-0.3, -0.25) is 0 Å². The molecule has 0 amide bonds. The van der Waals surface area contributed by atoms with Crippen LogP contribution in [0.5, 0.6) is 0 Å². The summed E-state index contributed by atoms with van der Waals surface area (Å²) in [6, 6.07) is -1.09. The van der Waals surface area contributed by atoms with Crippen molar-refractivity contribution in [2.24, 2.45) is 5.73 Å². The lowest BCUT2D eigenvalue weighted by Crippen LogP contribution is -2.30. The maximum Gasteiger partial charge on any atom is 0.253 e. The standard InChI is InChI=1S/C7H10F2N2S/c1-4-3-12-6(11-4)2-5(10)7(8)9/h3,5,7H,2,10H2,1H3. The number of nitrogens with two attached hydrogens (primary N) is 1. The van der Waals surface area contributed by atoms with E-state index in [4.69, 9.17) is 5.73 Å². The first kappa shape index (κ1) is 9.54. The molecule has 0 saturated carbocycles. The van der Waals surface area contributed by atoms with Crippen LogP contribution in [-0.4, -0.2) is 17.5 Å². The van der Waals surface area contributed by atoms with Crippen molar-refractivity contribution < 1.29 is 8.78 Å². The van der Waals surface area contributed by atoms with Gasteiger partial charge < -0.3 is 5.73 Å². The van der Waals surface area contributed by atoms with E-state index in [0.717, 1.165) is 5.69 Å². The highest BCUT2D eigenvalue weighted by Crippen LogP contribution is 2.12. The van der Waals surface area contributed by atoms with Crippen molar-refractivity contribution in [2.45, 2.75) is 25.8 Å². The highest BCUT2D eigenvalue weighted by Gasteiger charge is 2.16. The molecule has 0 radical (unpaired) electrons. The van der Waals surface area contributed by atoms with E-state index in [1.165, 1.54) is 11.3 Å². The quantitative estimate of drug-likeness (QED) is 0.789. The summed E-state index contributed by atoms with van der Waals surface area (Å²) in [5.41, 5.74) is 6.03. The molecular formula is C7H10F2N2S. The van der Waals surface area contributed by atoms with E-state index in [0.29, 0.717) is 5.01 Å². The Labute approximate surface area is 73.4 Å². The molecule has 0 fully saturated rings. The van der Waals surface area contributed by atoms with Gasteiger partial charge in [0.05, 0.1) is 11.0 Å². The molecule has 0 aliphatic carbocycles. The second-order valence-corrected chi connectivity index (χ2v) is 3.53. The molecule has 0 bridgehead atoms. The van der Waals surface area contributed by atoms with Gasteiger partial charge in [0.2, 0.25) is 0 Å². The molecule has 0 saturated heterocycles. The van der Waals surface area contributed by atoms with Crippen molar-refractivity contribution in [2.75, 3.05) is 0 Å². The number of thiazole rings is 1. The number of rotatable bonds is 3. The van der Waals surface area contributed by atoms with Crippen LogP contribution in [0.2, 0.25) is 0 Å². The summed E-state index contributed by atoms with van der Waals surface area (Å²) < 4.78 is 23.9. The van der Waals surface area contributed by atoms with Crippen molar-refractivity contribution in [3.63, 3.8) is 0 Å². The van der Waals surface area contributed by atoms with Gasteiger partial charge in [-0.05, 0) is 6.92 Å². The Balaban J connectivity index is 2.52. The van der Waals surface area contributed by atoms with Crippen LogP contribution in [0.1, 0.15) is 10.7 Å². The average molecular weight is 192 g/mol. The van der Waals surface area contributed by atoms with Gasteiger partial charge in [0.1, 0.15) is 0 Å². The Morgan fingerprint density at radius 3 is 2.75 bits per heavy atom. The minimum absolute atomic E-state index is 0.163. The van der Waals surface area contributed by atoms with Crippen LogP contribution in [0, 0.1) is 6.92 Å². The molecule has 1 aromatic rings. The van der Waals surface area contributed by atoms with Crippen molar-refractivity contribution in [3.05, 3.63) is 16.1 Å². The Bertz CT molecular complexity index is 249. The summed E-state index contributed by atoms with van der Waals surface area (Å²) in [6.45, 7) is 1.83. The Morgan fingerprint density at radius 1 is 1.67 bits per heavy atom. The van der Waals surface area contributed by atoms with Crippen molar-refractivity contribution >= 4 is 11.3 Å². The number of halogens is 2. The van der Waals surface area contributed by atoms with E-state index in [1.807, 2.05) is 12.3 Å². The lowest BCUT2D eigenvalue weighted by molar-refractivity contribution is 0.116. The summed E-state index contributed by atoms with van der Waals surface area (Å²) in [5.74, 6) is 0. The largest absolute Gasteiger partial charge is 0.323 e. The molecule has 0 aromatic carbocycles. The van der Waals surface area contributed by atoms with Crippen molar-refractivity contribution in [3.8, 4) is 0 Å². The second-order valence-electron chi connectivity index (χ2n) is 2.59. The first-order chi connectivity index (χ1) is 5.59. The molecule has 0 spiro atoms. The Hall–Kier alpha value is -0.550. The third kappa shape index (κ3) is 2.49. The van der Waals surface area contributed by atoms with Crippen LogP contribution in [0.3, 0.4) is 0 Å². The van der Waals surface area contributed by atoms with E-state index < -0.39 is 12.5 Å². The molecule has 2 nitrogen and oxygen atoms in total. The number of aryl methyl sites for hydroxylation is 1. The lowest BCUT2D eigenvalue weighted by Gasteiger charge is -2.06. The van der Waals surface area contributed by atoms with Crippen molar-refractivity contribution in [1.29, 1.82) is 0 Å². The highest BCUT2D eigenvalue weighted by atomic mass is 32.1. The van der Waals surface area contributed by atoms with Gasteiger partial charge in [-0.2, -0.15) is 0 Å². The Morgan fingerprint density at radius 2 is 2.33 bits per heavy atom. The first-order valence-corrected chi connectivity index (χ1v) is 4.42. The predicted octanol–water partition coefficient (Wildman–Crippen LogP) is 1.59. The van der Waals surface area contributed by atoms with E-state index in [9.17, 15) is 8.78 Å². The monoisotopic (exact) mass is 192 g/mol. The molecule has 12 heavy (non-hydrogen) atoms. The van der Waals surface area contributed by atoms with Crippen LogP contribution in [0.25, 0.3) is 0 Å². The smallest absolute Gasteiger partial charge is 0.253 e. The number of aromatic nitrogens is 1. The van der Waals surface area contributed by atoms with Crippen LogP contribution in [0.4, 0.5) is 8.78 Å². The van der Waals surface area contributed by atoms with Crippen LogP contribution < -0.4 is 5.73 Å². The molecule has 1 unspecified atom stereocenters. The zero-order chi connectivity index (χ0) is 9.14. The van der Waals surface area contributed by atoms with Gasteiger partial charge in [0.15, 0.2) is 0 Å². The minimum atomic E-state index is -2.46. The fraction of sp³-hybridized carbons (Fsp3) is 0.571. The normalized spacial score (nSPS) is 13.8. The van der Waals surface area contributed by atoms with E-state index >= 15 is 0 Å². The fourth-order valence-corrected chi connectivity index (χ4v) is 1.63. The molecule has 5 heteroatoms. The summed E-state index contributed by atoms with van der Waals surface area (Å²) in [6.07, 6.45) is -2.30. The van der Waals surface area contributed by atoms with Gasteiger partial charge in [0.25, 0.3) is 6.43 Å². The number of hydrogen-bond acceptors (Lipinski definition) is 3. The fourth-order valence-electron chi connectivity index (χ4n) is 0.787. The minimum Gasteiger partial charge on any atom is -0.323 e. The third-order valence-electron chi connectivity index (χ3n) is 1.40. The zero-order valence-corrected chi connectivity index (χ0v) is 7.44. The topological polar surface area (TPSA) is 38.9 Å². The van der Waals surface area contributed by atoms with Gasteiger partial charge in [-0.1, -0.05) is 0 Å². The molecule has 2 N–H and O–H groups in total. The highest BCUT2D eigenvalue weighted by molar-refractivity contribution is 7.09. The first-order valence-electron chi connectivity index (χ1n) is 3.54. The average Bonchev–Trinajstić information content (AvgIpc) is 2.35. The summed E-state index contributed by atoms with van der Waals surface area (Å²) in [4.78, 5) is 4.04. The lowest BCUT2D eigenvalue weighted by atomic mass is 10.2. The summed E-state index contributed by atoms with van der Waals surface area (Å²) in [5, 5.41) is 2.51. The number of nitrogens with zero attached hydrogens (tertiary/aromatic N) is 1. The third-order valence-corrected chi connectivity index (χ3v) is 2.39. The second kappa shape index (κ2) is 3.91. The Kier molecular flexibility index (Phi) is 3.11. The number of hydrogen-bond donors (Lipinski definition) is 1. The zero-order valence-electron chi connectivity index (χ0n) is 6.63. The summed E-state index contributed by atoms with van der Waals surface area (Å²) >= 11 is 1.37. The van der Waals surface area contributed by atoms with Crippen LogP contribution in [-0.2, 0) is 6.42 Å². The molecule has 0 aliphatic rings. The van der Waals surface area contributed by atoms with Gasteiger partial charge in [-0.15, -0.1) is 11.3 Å². The molecule has 1 rings (SSSR count). The summed E-state index contributed by atoms with van der Waals surface area (Å²) in [7, 11) is 0. The van der Waals surface area contributed by atoms with E-state index in [-0.39, 0.29) is 6.42 Å². The van der Waals surface area contributed by atoms with E-state index in [2.05, 4.69) is 4.98 Å². The van der Waals surface area contributed by atoms with E-state index in [1.54, 1.807) is 0 Å². The predicted molar refractivity (Wildman–Crippen MR) is 44.5 cm³/mol. The van der Waals surface area contributed by atoms with Crippen molar-refractivity contribution in [1.82, 2.24) is 4.98 Å². The van der Waals surface area contributed by atoms with Gasteiger partial charge >= 0.3 is 0 Å². The number of alkyl halides is 2. The maximum absolute atomic E-state index is 12.0. The maximum atomic E-state index is 12.0. The molecule has 0 aliphatic heterocycles. The molecule has 68 valence electrons. The molecule has 1 heterocycles. The van der Waals surface area contributed by atoms with Gasteiger partial charge in [0, 0.05) is 17.5 Å². The SMILES string of the molecule is Cc1csc(CC(N)C(F)F)n1. The van der Waals surface area contributed by atoms with Crippen LogP contribution >= 0.6 is 11.3 Å². The van der Waals surface area contributed by atoms with Gasteiger partial charge in [-0.25, -0.2) is 13.8 Å². The van der Waals surface area contributed by atoms with Crippen LogP contribution in [0.15, 0.2) is 5.38 Å².